The number of rotatable bonds is 6. The van der Waals surface area contributed by atoms with Crippen LogP contribution in [-0.2, 0) is 0 Å². The standard InChI is InChI=1S/C22H30N2/c1-8-20(24-22-18(6)11-15(3)12-19(22)7)13-23-21-16(4)9-14(2)10-17(21)5/h8-12,20,23-24H,1,13H2,2-7H3. The average Bonchev–Trinajstić information content (AvgIpc) is 2.47. The molecule has 0 amide bonds. The highest BCUT2D eigenvalue weighted by atomic mass is 15.0. The van der Waals surface area contributed by atoms with Crippen LogP contribution in [0.2, 0.25) is 0 Å². The molecular formula is C22H30N2. The average molecular weight is 322 g/mol. The van der Waals surface area contributed by atoms with Gasteiger partial charge in [-0.1, -0.05) is 41.5 Å². The predicted molar refractivity (Wildman–Crippen MR) is 107 cm³/mol. The lowest BCUT2D eigenvalue weighted by Gasteiger charge is -2.22. The Morgan fingerprint density at radius 2 is 1.21 bits per heavy atom. The zero-order valence-electron chi connectivity index (χ0n) is 15.9. The van der Waals surface area contributed by atoms with Crippen molar-refractivity contribution in [3.05, 3.63) is 70.3 Å². The van der Waals surface area contributed by atoms with E-state index in [1.165, 1.54) is 44.8 Å². The predicted octanol–water partition coefficient (Wildman–Crippen LogP) is 5.62. The second kappa shape index (κ2) is 7.57. The molecule has 128 valence electrons. The quantitative estimate of drug-likeness (QED) is 0.675. The molecule has 2 aromatic carbocycles. The second-order valence-electron chi connectivity index (χ2n) is 6.91. The summed E-state index contributed by atoms with van der Waals surface area (Å²) in [5.41, 5.74) is 10.2. The van der Waals surface area contributed by atoms with Crippen LogP contribution in [0.15, 0.2) is 36.9 Å². The zero-order chi connectivity index (χ0) is 17.9. The van der Waals surface area contributed by atoms with Crippen LogP contribution < -0.4 is 10.6 Å². The van der Waals surface area contributed by atoms with E-state index in [-0.39, 0.29) is 6.04 Å². The van der Waals surface area contributed by atoms with Crippen LogP contribution >= 0.6 is 0 Å². The Kier molecular flexibility index (Phi) is 5.71. The van der Waals surface area contributed by atoms with Crippen LogP contribution in [0.3, 0.4) is 0 Å². The molecule has 2 rings (SSSR count). The van der Waals surface area contributed by atoms with Crippen molar-refractivity contribution in [1.82, 2.24) is 0 Å². The highest BCUT2D eigenvalue weighted by Crippen LogP contribution is 2.24. The van der Waals surface area contributed by atoms with Crippen molar-refractivity contribution < 1.29 is 0 Å². The van der Waals surface area contributed by atoms with Crippen molar-refractivity contribution in [3.8, 4) is 0 Å². The van der Waals surface area contributed by atoms with Gasteiger partial charge < -0.3 is 10.6 Å². The first-order valence-corrected chi connectivity index (χ1v) is 8.60. The number of hydrogen-bond donors (Lipinski definition) is 2. The molecule has 0 spiro atoms. The van der Waals surface area contributed by atoms with E-state index >= 15 is 0 Å². The van der Waals surface area contributed by atoms with Crippen LogP contribution in [0.25, 0.3) is 0 Å². The topological polar surface area (TPSA) is 24.1 Å². The minimum atomic E-state index is 0.171. The Labute approximate surface area is 147 Å². The van der Waals surface area contributed by atoms with E-state index in [0.717, 1.165) is 6.54 Å². The van der Waals surface area contributed by atoms with Gasteiger partial charge in [0.2, 0.25) is 0 Å². The third-order valence-corrected chi connectivity index (χ3v) is 4.47. The molecular weight excluding hydrogens is 292 g/mol. The molecule has 0 fully saturated rings. The smallest absolute Gasteiger partial charge is 0.0614 e. The Morgan fingerprint density at radius 1 is 0.792 bits per heavy atom. The second-order valence-corrected chi connectivity index (χ2v) is 6.91. The molecule has 0 saturated carbocycles. The fourth-order valence-corrected chi connectivity index (χ4v) is 3.46. The number of hydrogen-bond acceptors (Lipinski definition) is 2. The van der Waals surface area contributed by atoms with Gasteiger partial charge in [-0.25, -0.2) is 0 Å². The molecule has 1 unspecified atom stereocenters. The van der Waals surface area contributed by atoms with Crippen LogP contribution in [0.4, 0.5) is 11.4 Å². The number of benzene rings is 2. The minimum Gasteiger partial charge on any atom is -0.382 e. The van der Waals surface area contributed by atoms with Gasteiger partial charge >= 0.3 is 0 Å². The first-order valence-electron chi connectivity index (χ1n) is 8.60. The Bertz CT molecular complexity index is 698. The highest BCUT2D eigenvalue weighted by Gasteiger charge is 2.10. The minimum absolute atomic E-state index is 0.171. The van der Waals surface area contributed by atoms with Crippen LogP contribution in [0.1, 0.15) is 33.4 Å². The van der Waals surface area contributed by atoms with Crippen LogP contribution in [0, 0.1) is 41.5 Å². The molecule has 0 aliphatic carbocycles. The molecule has 0 heterocycles. The van der Waals surface area contributed by atoms with Crippen molar-refractivity contribution in [2.45, 2.75) is 47.6 Å². The summed E-state index contributed by atoms with van der Waals surface area (Å²) < 4.78 is 0. The van der Waals surface area contributed by atoms with Crippen LogP contribution in [0.5, 0.6) is 0 Å². The van der Waals surface area contributed by atoms with Gasteiger partial charge in [0.05, 0.1) is 6.04 Å². The van der Waals surface area contributed by atoms with Gasteiger partial charge in [-0.3, -0.25) is 0 Å². The first kappa shape index (κ1) is 18.1. The summed E-state index contributed by atoms with van der Waals surface area (Å²) in [5.74, 6) is 0. The zero-order valence-corrected chi connectivity index (χ0v) is 15.9. The Hall–Kier alpha value is -2.22. The van der Waals surface area contributed by atoms with E-state index in [2.05, 4.69) is 83.0 Å². The van der Waals surface area contributed by atoms with Gasteiger partial charge in [-0.2, -0.15) is 0 Å². The van der Waals surface area contributed by atoms with Crippen molar-refractivity contribution in [2.75, 3.05) is 17.2 Å². The summed E-state index contributed by atoms with van der Waals surface area (Å²) in [5, 5.41) is 7.23. The van der Waals surface area contributed by atoms with E-state index in [4.69, 9.17) is 0 Å². The molecule has 0 saturated heterocycles. The summed E-state index contributed by atoms with van der Waals surface area (Å²) in [6.45, 7) is 17.7. The highest BCUT2D eigenvalue weighted by molar-refractivity contribution is 5.61. The molecule has 0 aliphatic heterocycles. The van der Waals surface area contributed by atoms with Crippen molar-refractivity contribution >= 4 is 11.4 Å². The van der Waals surface area contributed by atoms with Crippen molar-refractivity contribution in [1.29, 1.82) is 0 Å². The summed E-state index contributed by atoms with van der Waals surface area (Å²) in [6, 6.07) is 9.05. The lowest BCUT2D eigenvalue weighted by molar-refractivity contribution is 0.910. The molecule has 2 aromatic rings. The summed E-state index contributed by atoms with van der Waals surface area (Å²) in [6.07, 6.45) is 1.98. The number of aryl methyl sites for hydroxylation is 6. The summed E-state index contributed by atoms with van der Waals surface area (Å²) >= 11 is 0. The van der Waals surface area contributed by atoms with Crippen molar-refractivity contribution in [3.63, 3.8) is 0 Å². The third-order valence-electron chi connectivity index (χ3n) is 4.47. The van der Waals surface area contributed by atoms with Gasteiger partial charge in [0.15, 0.2) is 0 Å². The van der Waals surface area contributed by atoms with E-state index in [1.807, 2.05) is 6.08 Å². The molecule has 0 aromatic heterocycles. The van der Waals surface area contributed by atoms with E-state index in [1.54, 1.807) is 0 Å². The molecule has 2 nitrogen and oxygen atoms in total. The number of anilines is 2. The first-order chi connectivity index (χ1) is 11.3. The maximum absolute atomic E-state index is 4.00. The fourth-order valence-electron chi connectivity index (χ4n) is 3.46. The third kappa shape index (κ3) is 4.19. The van der Waals surface area contributed by atoms with Gasteiger partial charge in [-0.05, 0) is 63.8 Å². The SMILES string of the molecule is C=CC(CNc1c(C)cc(C)cc1C)Nc1c(C)cc(C)cc1C. The lowest BCUT2D eigenvalue weighted by Crippen LogP contribution is -2.27. The fraction of sp³-hybridized carbons (Fsp3) is 0.364. The van der Waals surface area contributed by atoms with Gasteiger partial charge in [0, 0.05) is 17.9 Å². The largest absolute Gasteiger partial charge is 0.382 e. The molecule has 24 heavy (non-hydrogen) atoms. The lowest BCUT2D eigenvalue weighted by atomic mass is 10.0. The summed E-state index contributed by atoms with van der Waals surface area (Å²) in [4.78, 5) is 0. The van der Waals surface area contributed by atoms with E-state index < -0.39 is 0 Å². The molecule has 2 N–H and O–H groups in total. The summed E-state index contributed by atoms with van der Waals surface area (Å²) in [7, 11) is 0. The van der Waals surface area contributed by atoms with Crippen molar-refractivity contribution in [2.24, 2.45) is 0 Å². The molecule has 0 aliphatic rings. The monoisotopic (exact) mass is 322 g/mol. The maximum atomic E-state index is 4.00. The molecule has 0 radical (unpaired) electrons. The normalized spacial score (nSPS) is 11.9. The van der Waals surface area contributed by atoms with E-state index in [9.17, 15) is 0 Å². The van der Waals surface area contributed by atoms with Gasteiger partial charge in [-0.15, -0.1) is 6.58 Å². The maximum Gasteiger partial charge on any atom is 0.0614 e. The molecule has 2 heteroatoms. The van der Waals surface area contributed by atoms with Crippen LogP contribution in [-0.4, -0.2) is 12.6 Å². The van der Waals surface area contributed by atoms with E-state index in [0.29, 0.717) is 0 Å². The number of nitrogens with one attached hydrogen (secondary N) is 2. The Balaban J connectivity index is 2.13. The van der Waals surface area contributed by atoms with Gasteiger partial charge in [0.25, 0.3) is 0 Å². The van der Waals surface area contributed by atoms with Gasteiger partial charge in [0.1, 0.15) is 0 Å². The molecule has 0 bridgehead atoms. The Morgan fingerprint density at radius 3 is 1.62 bits per heavy atom. The molecule has 1 atom stereocenters.